The van der Waals surface area contributed by atoms with E-state index >= 15 is 0 Å². The van der Waals surface area contributed by atoms with Crippen LogP contribution in [0, 0.1) is 0 Å². The maximum Gasteiger partial charge on any atom is 0.253 e. The van der Waals surface area contributed by atoms with E-state index in [1.54, 1.807) is 11.8 Å². The van der Waals surface area contributed by atoms with Crippen LogP contribution < -0.4 is 0 Å². The standard InChI is InChI=1S/C16H16BrNO2/c1-16(20)6-7-18(10-16)15(19)13-3-2-12-9-14(17)5-4-11(12)8-13/h2-5,8-9,20H,6-7,10H2,1H3/t16-/m1/s1. The summed E-state index contributed by atoms with van der Waals surface area (Å²) in [5.41, 5.74) is -0.0743. The average molecular weight is 334 g/mol. The highest BCUT2D eigenvalue weighted by molar-refractivity contribution is 9.10. The van der Waals surface area contributed by atoms with Gasteiger partial charge in [-0.2, -0.15) is 0 Å². The second-order valence-electron chi connectivity index (χ2n) is 5.68. The molecule has 0 radical (unpaired) electrons. The Labute approximate surface area is 126 Å². The lowest BCUT2D eigenvalue weighted by Gasteiger charge is -2.19. The van der Waals surface area contributed by atoms with Crippen LogP contribution >= 0.6 is 15.9 Å². The van der Waals surface area contributed by atoms with Crippen LogP contribution in [0.5, 0.6) is 0 Å². The van der Waals surface area contributed by atoms with E-state index in [0.717, 1.165) is 15.2 Å². The summed E-state index contributed by atoms with van der Waals surface area (Å²) >= 11 is 3.44. The van der Waals surface area contributed by atoms with E-state index in [1.807, 2.05) is 36.4 Å². The molecule has 20 heavy (non-hydrogen) atoms. The van der Waals surface area contributed by atoms with Crippen molar-refractivity contribution in [1.82, 2.24) is 4.90 Å². The minimum absolute atomic E-state index is 0.00686. The lowest BCUT2D eigenvalue weighted by molar-refractivity contribution is 0.0572. The number of aliphatic hydroxyl groups is 1. The third-order valence-corrected chi connectivity index (χ3v) is 4.28. The summed E-state index contributed by atoms with van der Waals surface area (Å²) < 4.78 is 1.03. The van der Waals surface area contributed by atoms with Gasteiger partial charge in [-0.15, -0.1) is 0 Å². The fourth-order valence-corrected chi connectivity index (χ4v) is 3.03. The molecule has 0 aliphatic carbocycles. The van der Waals surface area contributed by atoms with Gasteiger partial charge in [0.15, 0.2) is 0 Å². The Bertz CT molecular complexity index is 681. The maximum absolute atomic E-state index is 12.5. The monoisotopic (exact) mass is 333 g/mol. The van der Waals surface area contributed by atoms with E-state index in [1.165, 1.54) is 0 Å². The Morgan fingerprint density at radius 2 is 1.95 bits per heavy atom. The molecule has 0 spiro atoms. The first kappa shape index (κ1) is 13.6. The van der Waals surface area contributed by atoms with Gasteiger partial charge in [-0.1, -0.05) is 28.1 Å². The highest BCUT2D eigenvalue weighted by atomic mass is 79.9. The Morgan fingerprint density at radius 1 is 1.25 bits per heavy atom. The Hall–Kier alpha value is -1.39. The molecule has 0 bridgehead atoms. The first-order valence-electron chi connectivity index (χ1n) is 6.66. The Morgan fingerprint density at radius 3 is 2.65 bits per heavy atom. The number of hydrogen-bond donors (Lipinski definition) is 1. The normalized spacial score (nSPS) is 22.4. The molecule has 1 heterocycles. The van der Waals surface area contributed by atoms with Crippen LogP contribution in [0.3, 0.4) is 0 Å². The zero-order valence-corrected chi connectivity index (χ0v) is 12.9. The summed E-state index contributed by atoms with van der Waals surface area (Å²) in [6.45, 7) is 2.80. The van der Waals surface area contributed by atoms with Gasteiger partial charge in [-0.3, -0.25) is 4.79 Å². The number of nitrogens with zero attached hydrogens (tertiary/aromatic N) is 1. The summed E-state index contributed by atoms with van der Waals surface area (Å²) in [5, 5.41) is 12.1. The largest absolute Gasteiger partial charge is 0.388 e. The molecular formula is C16H16BrNO2. The highest BCUT2D eigenvalue weighted by Gasteiger charge is 2.34. The lowest BCUT2D eigenvalue weighted by Crippen LogP contribution is -2.33. The van der Waals surface area contributed by atoms with Crippen LogP contribution in [0.25, 0.3) is 10.8 Å². The fraction of sp³-hybridized carbons (Fsp3) is 0.312. The third-order valence-electron chi connectivity index (χ3n) is 3.79. The molecule has 1 fully saturated rings. The van der Waals surface area contributed by atoms with Crippen LogP contribution in [-0.2, 0) is 0 Å². The number of amides is 1. The molecule has 1 amide bonds. The highest BCUT2D eigenvalue weighted by Crippen LogP contribution is 2.25. The number of hydrogen-bond acceptors (Lipinski definition) is 2. The maximum atomic E-state index is 12.5. The number of halogens is 1. The Balaban J connectivity index is 1.90. The van der Waals surface area contributed by atoms with E-state index in [4.69, 9.17) is 0 Å². The van der Waals surface area contributed by atoms with Crippen molar-refractivity contribution in [2.75, 3.05) is 13.1 Å². The fourth-order valence-electron chi connectivity index (χ4n) is 2.65. The number of carbonyl (C=O) groups excluding carboxylic acids is 1. The zero-order chi connectivity index (χ0) is 14.3. The van der Waals surface area contributed by atoms with Gasteiger partial charge in [0.2, 0.25) is 0 Å². The van der Waals surface area contributed by atoms with Gasteiger partial charge < -0.3 is 10.0 Å². The summed E-state index contributed by atoms with van der Waals surface area (Å²) in [5.74, 6) is -0.00686. The van der Waals surface area contributed by atoms with Gasteiger partial charge in [0.25, 0.3) is 5.91 Å². The molecular weight excluding hydrogens is 318 g/mol. The molecule has 0 aromatic heterocycles. The van der Waals surface area contributed by atoms with Crippen molar-refractivity contribution < 1.29 is 9.90 Å². The SMILES string of the molecule is C[C@@]1(O)CCN(C(=O)c2ccc3cc(Br)ccc3c2)C1. The van der Waals surface area contributed by atoms with E-state index in [2.05, 4.69) is 15.9 Å². The van der Waals surface area contributed by atoms with Crippen LogP contribution in [0.1, 0.15) is 23.7 Å². The molecule has 3 rings (SSSR count). The quantitative estimate of drug-likeness (QED) is 0.870. The second kappa shape index (κ2) is 4.86. The molecule has 1 N–H and O–H groups in total. The Kier molecular flexibility index (Phi) is 3.30. The number of benzene rings is 2. The van der Waals surface area contributed by atoms with Crippen LogP contribution in [0.15, 0.2) is 40.9 Å². The summed E-state index contributed by atoms with van der Waals surface area (Å²) in [4.78, 5) is 14.2. The van der Waals surface area contributed by atoms with E-state index in [-0.39, 0.29) is 5.91 Å². The minimum Gasteiger partial charge on any atom is -0.388 e. The van der Waals surface area contributed by atoms with Crippen molar-refractivity contribution in [2.24, 2.45) is 0 Å². The van der Waals surface area contributed by atoms with Crippen molar-refractivity contribution in [3.8, 4) is 0 Å². The molecule has 4 heteroatoms. The van der Waals surface area contributed by atoms with Gasteiger partial charge in [0, 0.05) is 23.1 Å². The van der Waals surface area contributed by atoms with E-state index in [9.17, 15) is 9.90 Å². The summed E-state index contributed by atoms with van der Waals surface area (Å²) in [6.07, 6.45) is 0.638. The number of β-amino-alcohol motifs (C(OH)–C–C–N with tert-alkyl or cyclic N) is 1. The molecule has 104 valence electrons. The van der Waals surface area contributed by atoms with Gasteiger partial charge in [0.1, 0.15) is 0 Å². The smallest absolute Gasteiger partial charge is 0.253 e. The molecule has 1 atom stereocenters. The molecule has 1 saturated heterocycles. The molecule has 3 nitrogen and oxygen atoms in total. The van der Waals surface area contributed by atoms with Crippen LogP contribution in [0.4, 0.5) is 0 Å². The summed E-state index contributed by atoms with van der Waals surface area (Å²) in [6, 6.07) is 11.7. The number of rotatable bonds is 1. The zero-order valence-electron chi connectivity index (χ0n) is 11.3. The predicted molar refractivity (Wildman–Crippen MR) is 82.8 cm³/mol. The van der Waals surface area contributed by atoms with Crippen LogP contribution in [0.2, 0.25) is 0 Å². The first-order valence-corrected chi connectivity index (χ1v) is 7.45. The van der Waals surface area contributed by atoms with Crippen molar-refractivity contribution in [2.45, 2.75) is 18.9 Å². The van der Waals surface area contributed by atoms with Crippen molar-refractivity contribution in [3.63, 3.8) is 0 Å². The number of carbonyl (C=O) groups is 1. The van der Waals surface area contributed by atoms with E-state index in [0.29, 0.717) is 25.1 Å². The molecule has 1 aliphatic rings. The number of likely N-dealkylation sites (tertiary alicyclic amines) is 1. The minimum atomic E-state index is -0.753. The second-order valence-corrected chi connectivity index (χ2v) is 6.60. The van der Waals surface area contributed by atoms with Crippen LogP contribution in [-0.4, -0.2) is 34.6 Å². The third kappa shape index (κ3) is 2.58. The van der Waals surface area contributed by atoms with E-state index < -0.39 is 5.60 Å². The molecule has 0 saturated carbocycles. The van der Waals surface area contributed by atoms with Crippen molar-refractivity contribution in [1.29, 1.82) is 0 Å². The lowest BCUT2D eigenvalue weighted by atomic mass is 10.1. The topological polar surface area (TPSA) is 40.5 Å². The van der Waals surface area contributed by atoms with Gasteiger partial charge in [-0.05, 0) is 48.4 Å². The first-order chi connectivity index (χ1) is 9.44. The van der Waals surface area contributed by atoms with Gasteiger partial charge in [0.05, 0.1) is 5.60 Å². The predicted octanol–water partition coefficient (Wildman–Crippen LogP) is 3.20. The number of fused-ring (bicyclic) bond motifs is 1. The van der Waals surface area contributed by atoms with Gasteiger partial charge >= 0.3 is 0 Å². The molecule has 2 aromatic carbocycles. The van der Waals surface area contributed by atoms with Gasteiger partial charge in [-0.25, -0.2) is 0 Å². The molecule has 2 aromatic rings. The molecule has 1 aliphatic heterocycles. The molecule has 0 unspecified atom stereocenters. The average Bonchev–Trinajstić information content (AvgIpc) is 2.77. The van der Waals surface area contributed by atoms with Crippen molar-refractivity contribution >= 4 is 32.6 Å². The van der Waals surface area contributed by atoms with Crippen molar-refractivity contribution in [3.05, 3.63) is 46.4 Å². The summed E-state index contributed by atoms with van der Waals surface area (Å²) in [7, 11) is 0.